The van der Waals surface area contributed by atoms with E-state index in [-0.39, 0.29) is 0 Å². The van der Waals surface area contributed by atoms with Crippen molar-refractivity contribution in [2.45, 2.75) is 70.6 Å². The van der Waals surface area contributed by atoms with Gasteiger partial charge in [0.25, 0.3) is 0 Å². The summed E-state index contributed by atoms with van der Waals surface area (Å²) >= 11 is 0. The molecule has 2 heteroatoms. The van der Waals surface area contributed by atoms with E-state index in [2.05, 4.69) is 19.2 Å². The molecule has 0 radical (unpaired) electrons. The van der Waals surface area contributed by atoms with Gasteiger partial charge in [-0.25, -0.2) is 0 Å². The molecule has 2 fully saturated rings. The molecular formula is C13H25NO. The number of rotatable bonds is 3. The van der Waals surface area contributed by atoms with Gasteiger partial charge < -0.3 is 10.1 Å². The SMILES string of the molecule is COC1CC(NC2CCCCC2(C)C)C1. The van der Waals surface area contributed by atoms with E-state index in [1.54, 1.807) is 0 Å². The lowest BCUT2D eigenvalue weighted by Crippen LogP contribution is -2.54. The average Bonchev–Trinajstić information content (AvgIpc) is 2.12. The third-order valence-electron chi connectivity index (χ3n) is 4.37. The summed E-state index contributed by atoms with van der Waals surface area (Å²) in [7, 11) is 1.82. The van der Waals surface area contributed by atoms with E-state index in [1.807, 2.05) is 7.11 Å². The Morgan fingerprint density at radius 2 is 1.93 bits per heavy atom. The molecule has 0 amide bonds. The summed E-state index contributed by atoms with van der Waals surface area (Å²) < 4.78 is 5.32. The third kappa shape index (κ3) is 2.54. The van der Waals surface area contributed by atoms with Crippen LogP contribution in [-0.2, 0) is 4.74 Å². The fourth-order valence-electron chi connectivity index (χ4n) is 2.98. The highest BCUT2D eigenvalue weighted by Crippen LogP contribution is 2.37. The molecule has 0 aliphatic heterocycles. The van der Waals surface area contributed by atoms with E-state index in [4.69, 9.17) is 4.74 Å². The Hall–Kier alpha value is -0.0800. The van der Waals surface area contributed by atoms with E-state index in [1.165, 1.54) is 38.5 Å². The standard InChI is InChI=1S/C13H25NO/c1-13(2)7-5-4-6-12(13)14-10-8-11(9-10)15-3/h10-12,14H,4-9H2,1-3H3. The zero-order chi connectivity index (χ0) is 10.9. The van der Waals surface area contributed by atoms with Crippen LogP contribution in [0.5, 0.6) is 0 Å². The minimum absolute atomic E-state index is 0.496. The molecule has 0 spiro atoms. The van der Waals surface area contributed by atoms with Crippen LogP contribution in [0.2, 0.25) is 0 Å². The maximum Gasteiger partial charge on any atom is 0.0601 e. The summed E-state index contributed by atoms with van der Waals surface area (Å²) in [4.78, 5) is 0. The van der Waals surface area contributed by atoms with Gasteiger partial charge in [0.05, 0.1) is 6.10 Å². The van der Waals surface area contributed by atoms with Gasteiger partial charge in [-0.05, 0) is 31.1 Å². The highest BCUT2D eigenvalue weighted by molar-refractivity contribution is 4.94. The molecule has 2 saturated carbocycles. The second-order valence-electron chi connectivity index (χ2n) is 5.98. The third-order valence-corrected chi connectivity index (χ3v) is 4.37. The lowest BCUT2D eigenvalue weighted by molar-refractivity contribution is 0.00479. The monoisotopic (exact) mass is 211 g/mol. The van der Waals surface area contributed by atoms with Crippen LogP contribution in [-0.4, -0.2) is 25.3 Å². The number of methoxy groups -OCH3 is 1. The van der Waals surface area contributed by atoms with Gasteiger partial charge in [0.1, 0.15) is 0 Å². The van der Waals surface area contributed by atoms with Crippen molar-refractivity contribution in [1.29, 1.82) is 0 Å². The quantitative estimate of drug-likeness (QED) is 0.775. The average molecular weight is 211 g/mol. The highest BCUT2D eigenvalue weighted by atomic mass is 16.5. The number of ether oxygens (including phenoxy) is 1. The minimum Gasteiger partial charge on any atom is -0.381 e. The normalized spacial score (nSPS) is 39.8. The van der Waals surface area contributed by atoms with Crippen LogP contribution >= 0.6 is 0 Å². The molecule has 0 aromatic carbocycles. The summed E-state index contributed by atoms with van der Waals surface area (Å²) in [6, 6.07) is 1.45. The lowest BCUT2D eigenvalue weighted by atomic mass is 9.72. The molecule has 1 atom stereocenters. The van der Waals surface area contributed by atoms with Crippen LogP contribution in [0.15, 0.2) is 0 Å². The molecule has 0 saturated heterocycles. The summed E-state index contributed by atoms with van der Waals surface area (Å²) in [5.41, 5.74) is 0.496. The topological polar surface area (TPSA) is 21.3 Å². The first-order chi connectivity index (χ1) is 7.12. The maximum atomic E-state index is 5.32. The number of nitrogens with one attached hydrogen (secondary N) is 1. The lowest BCUT2D eigenvalue weighted by Gasteiger charge is -2.45. The van der Waals surface area contributed by atoms with Crippen LogP contribution in [0.25, 0.3) is 0 Å². The molecule has 2 nitrogen and oxygen atoms in total. The summed E-state index contributed by atoms with van der Waals surface area (Å²) in [6.07, 6.45) is 8.51. The Morgan fingerprint density at radius 1 is 1.20 bits per heavy atom. The van der Waals surface area contributed by atoms with Gasteiger partial charge in [0.15, 0.2) is 0 Å². The molecule has 2 rings (SSSR count). The van der Waals surface area contributed by atoms with Crippen LogP contribution < -0.4 is 5.32 Å². The van der Waals surface area contributed by atoms with Crippen molar-refractivity contribution in [2.75, 3.05) is 7.11 Å². The molecule has 88 valence electrons. The zero-order valence-electron chi connectivity index (χ0n) is 10.4. The minimum atomic E-state index is 0.496. The first kappa shape index (κ1) is 11.4. The highest BCUT2D eigenvalue weighted by Gasteiger charge is 2.37. The molecule has 2 aliphatic rings. The summed E-state index contributed by atoms with van der Waals surface area (Å²) in [5.74, 6) is 0. The molecular weight excluding hydrogens is 186 g/mol. The maximum absolute atomic E-state index is 5.32. The van der Waals surface area contributed by atoms with E-state index < -0.39 is 0 Å². The molecule has 0 bridgehead atoms. The number of hydrogen-bond acceptors (Lipinski definition) is 2. The molecule has 1 N–H and O–H groups in total. The Morgan fingerprint density at radius 3 is 2.53 bits per heavy atom. The van der Waals surface area contributed by atoms with E-state index in [0.29, 0.717) is 11.5 Å². The molecule has 0 aromatic rings. The molecule has 1 unspecified atom stereocenters. The van der Waals surface area contributed by atoms with Gasteiger partial charge in [-0.15, -0.1) is 0 Å². The van der Waals surface area contributed by atoms with Gasteiger partial charge in [0.2, 0.25) is 0 Å². The van der Waals surface area contributed by atoms with Crippen LogP contribution in [0, 0.1) is 5.41 Å². The Labute approximate surface area is 93.8 Å². The van der Waals surface area contributed by atoms with Crippen molar-refractivity contribution < 1.29 is 4.74 Å². The first-order valence-corrected chi connectivity index (χ1v) is 6.40. The molecule has 15 heavy (non-hydrogen) atoms. The molecule has 2 aliphatic carbocycles. The Kier molecular flexibility index (Phi) is 3.36. The molecule has 0 heterocycles. The van der Waals surface area contributed by atoms with Crippen LogP contribution in [0.3, 0.4) is 0 Å². The van der Waals surface area contributed by atoms with Gasteiger partial charge >= 0.3 is 0 Å². The van der Waals surface area contributed by atoms with Crippen LogP contribution in [0.1, 0.15) is 52.4 Å². The van der Waals surface area contributed by atoms with Crippen LogP contribution in [0.4, 0.5) is 0 Å². The number of hydrogen-bond donors (Lipinski definition) is 1. The van der Waals surface area contributed by atoms with E-state index in [9.17, 15) is 0 Å². The predicted octanol–water partition coefficient (Wildman–Crippen LogP) is 2.72. The van der Waals surface area contributed by atoms with E-state index >= 15 is 0 Å². The summed E-state index contributed by atoms with van der Waals surface area (Å²) in [5, 5.41) is 3.83. The fourth-order valence-corrected chi connectivity index (χ4v) is 2.98. The van der Waals surface area contributed by atoms with Crippen molar-refractivity contribution in [3.8, 4) is 0 Å². The van der Waals surface area contributed by atoms with Gasteiger partial charge in [-0.1, -0.05) is 26.7 Å². The smallest absolute Gasteiger partial charge is 0.0601 e. The van der Waals surface area contributed by atoms with Crippen molar-refractivity contribution in [1.82, 2.24) is 5.32 Å². The predicted molar refractivity (Wildman–Crippen MR) is 63.0 cm³/mol. The Balaban J connectivity index is 1.78. The van der Waals surface area contributed by atoms with E-state index in [0.717, 1.165) is 12.1 Å². The van der Waals surface area contributed by atoms with Crippen molar-refractivity contribution in [3.63, 3.8) is 0 Å². The Bertz CT molecular complexity index is 209. The zero-order valence-corrected chi connectivity index (χ0v) is 10.4. The van der Waals surface area contributed by atoms with Gasteiger partial charge in [-0.3, -0.25) is 0 Å². The molecule has 0 aromatic heterocycles. The fraction of sp³-hybridized carbons (Fsp3) is 1.00. The van der Waals surface area contributed by atoms with Crippen molar-refractivity contribution in [3.05, 3.63) is 0 Å². The largest absolute Gasteiger partial charge is 0.381 e. The van der Waals surface area contributed by atoms with Gasteiger partial charge in [-0.2, -0.15) is 0 Å². The first-order valence-electron chi connectivity index (χ1n) is 6.40. The summed E-state index contributed by atoms with van der Waals surface area (Å²) in [6.45, 7) is 4.83. The second kappa shape index (κ2) is 4.42. The van der Waals surface area contributed by atoms with Crippen molar-refractivity contribution >= 4 is 0 Å². The van der Waals surface area contributed by atoms with Gasteiger partial charge in [0, 0.05) is 19.2 Å². The van der Waals surface area contributed by atoms with Crippen molar-refractivity contribution in [2.24, 2.45) is 5.41 Å². The second-order valence-corrected chi connectivity index (χ2v) is 5.98.